The molecule has 2 heterocycles. The minimum Gasteiger partial charge on any atom is -0.452 e. The second-order valence-electron chi connectivity index (χ2n) is 7.78. The molecule has 32 heavy (non-hydrogen) atoms. The summed E-state index contributed by atoms with van der Waals surface area (Å²) in [4.78, 5) is 50.8. The minimum atomic E-state index is -0.733. The molecule has 2 aromatic rings. The molecule has 1 unspecified atom stereocenters. The molecule has 0 aromatic heterocycles. The first-order valence-electron chi connectivity index (χ1n) is 10.6. The van der Waals surface area contributed by atoms with E-state index in [4.69, 9.17) is 9.47 Å². The number of rotatable bonds is 8. The maximum Gasteiger partial charge on any atom is 0.338 e. The van der Waals surface area contributed by atoms with Crippen molar-refractivity contribution in [2.24, 2.45) is 0 Å². The van der Waals surface area contributed by atoms with E-state index >= 15 is 0 Å². The van der Waals surface area contributed by atoms with Crippen molar-refractivity contribution in [3.63, 3.8) is 0 Å². The largest absolute Gasteiger partial charge is 0.452 e. The number of fused-ring (bicyclic) bond motifs is 1. The zero-order valence-corrected chi connectivity index (χ0v) is 17.5. The standard InChI is InChI=1S/C24H24N2O6/c27-21(25-11-10-16-5-2-1-3-6-16)15-32-24(30)17-8-9-19-20(13-17)23(29)26(22(19)28)14-18-7-4-12-31-18/h1-3,5-6,8-9,13,18H,4,7,10-12,14-15H2,(H,25,27). The summed E-state index contributed by atoms with van der Waals surface area (Å²) < 4.78 is 10.6. The Morgan fingerprint density at radius 2 is 1.84 bits per heavy atom. The molecule has 8 nitrogen and oxygen atoms in total. The predicted octanol–water partition coefficient (Wildman–Crippen LogP) is 1.98. The predicted molar refractivity (Wildman–Crippen MR) is 114 cm³/mol. The van der Waals surface area contributed by atoms with Gasteiger partial charge in [-0.05, 0) is 43.0 Å². The number of amides is 3. The van der Waals surface area contributed by atoms with Crippen LogP contribution >= 0.6 is 0 Å². The first-order chi connectivity index (χ1) is 15.5. The van der Waals surface area contributed by atoms with E-state index in [1.54, 1.807) is 0 Å². The van der Waals surface area contributed by atoms with Gasteiger partial charge >= 0.3 is 5.97 Å². The number of esters is 1. The maximum atomic E-state index is 12.7. The van der Waals surface area contributed by atoms with E-state index in [1.807, 2.05) is 30.3 Å². The highest BCUT2D eigenvalue weighted by atomic mass is 16.5. The minimum absolute atomic E-state index is 0.112. The van der Waals surface area contributed by atoms with E-state index in [-0.39, 0.29) is 29.3 Å². The van der Waals surface area contributed by atoms with Gasteiger partial charge in [0.05, 0.1) is 29.3 Å². The van der Waals surface area contributed by atoms with Gasteiger partial charge < -0.3 is 14.8 Å². The maximum absolute atomic E-state index is 12.7. The molecule has 1 saturated heterocycles. The van der Waals surface area contributed by atoms with Gasteiger partial charge in [-0.2, -0.15) is 0 Å². The van der Waals surface area contributed by atoms with E-state index in [0.717, 1.165) is 23.3 Å². The van der Waals surface area contributed by atoms with Crippen LogP contribution in [-0.4, -0.2) is 61.0 Å². The van der Waals surface area contributed by atoms with Crippen LogP contribution in [-0.2, 0) is 20.7 Å². The fourth-order valence-corrected chi connectivity index (χ4v) is 3.83. The van der Waals surface area contributed by atoms with Gasteiger partial charge in [-0.1, -0.05) is 30.3 Å². The summed E-state index contributed by atoms with van der Waals surface area (Å²) in [6.07, 6.45) is 2.23. The number of ether oxygens (including phenoxy) is 2. The summed E-state index contributed by atoms with van der Waals surface area (Å²) in [6.45, 7) is 0.831. The number of carbonyl (C=O) groups is 4. The summed E-state index contributed by atoms with van der Waals surface area (Å²) in [5.41, 5.74) is 1.62. The average Bonchev–Trinajstić information content (AvgIpc) is 3.41. The Hall–Kier alpha value is -3.52. The molecule has 0 aliphatic carbocycles. The van der Waals surface area contributed by atoms with Crippen molar-refractivity contribution in [3.05, 3.63) is 70.8 Å². The van der Waals surface area contributed by atoms with E-state index in [9.17, 15) is 19.2 Å². The molecule has 1 atom stereocenters. The third-order valence-electron chi connectivity index (χ3n) is 5.53. The van der Waals surface area contributed by atoms with Gasteiger partial charge in [-0.25, -0.2) is 4.79 Å². The lowest BCUT2D eigenvalue weighted by Gasteiger charge is -2.17. The third-order valence-corrected chi connectivity index (χ3v) is 5.53. The first-order valence-corrected chi connectivity index (χ1v) is 10.6. The zero-order valence-electron chi connectivity index (χ0n) is 17.5. The summed E-state index contributed by atoms with van der Waals surface area (Å²) in [6, 6.07) is 13.9. The Bertz CT molecular complexity index is 1030. The van der Waals surface area contributed by atoms with Gasteiger partial charge in [0.2, 0.25) is 0 Å². The molecule has 2 aliphatic rings. The van der Waals surface area contributed by atoms with E-state index < -0.39 is 30.3 Å². The highest BCUT2D eigenvalue weighted by Crippen LogP contribution is 2.26. The molecule has 166 valence electrons. The average molecular weight is 436 g/mol. The van der Waals surface area contributed by atoms with Crippen LogP contribution in [0.1, 0.15) is 49.5 Å². The van der Waals surface area contributed by atoms with Crippen molar-refractivity contribution in [2.75, 3.05) is 26.3 Å². The van der Waals surface area contributed by atoms with Crippen molar-refractivity contribution in [2.45, 2.75) is 25.4 Å². The first kappa shape index (κ1) is 21.7. The Labute approximate surface area is 185 Å². The number of nitrogens with zero attached hydrogens (tertiary/aromatic N) is 1. The van der Waals surface area contributed by atoms with Gasteiger partial charge in [0, 0.05) is 13.2 Å². The highest BCUT2D eigenvalue weighted by molar-refractivity contribution is 6.22. The number of carbonyl (C=O) groups excluding carboxylic acids is 4. The molecule has 2 aromatic carbocycles. The van der Waals surface area contributed by atoms with Crippen LogP contribution in [0.15, 0.2) is 48.5 Å². The quantitative estimate of drug-likeness (QED) is 0.502. The second-order valence-corrected chi connectivity index (χ2v) is 7.78. The molecule has 0 bridgehead atoms. The zero-order chi connectivity index (χ0) is 22.5. The monoisotopic (exact) mass is 436 g/mol. The fourth-order valence-electron chi connectivity index (χ4n) is 3.83. The van der Waals surface area contributed by atoms with Crippen molar-refractivity contribution in [1.29, 1.82) is 0 Å². The Morgan fingerprint density at radius 1 is 1.06 bits per heavy atom. The molecule has 2 aliphatic heterocycles. The summed E-state index contributed by atoms with van der Waals surface area (Å²) in [5, 5.41) is 2.70. The highest BCUT2D eigenvalue weighted by Gasteiger charge is 2.38. The molecule has 0 radical (unpaired) electrons. The summed E-state index contributed by atoms with van der Waals surface area (Å²) >= 11 is 0. The van der Waals surface area contributed by atoms with Crippen molar-refractivity contribution < 1.29 is 28.7 Å². The molecule has 0 spiro atoms. The molecule has 1 fully saturated rings. The molecule has 0 saturated carbocycles. The normalized spacial score (nSPS) is 17.4. The van der Waals surface area contributed by atoms with Crippen LogP contribution < -0.4 is 5.32 Å². The SMILES string of the molecule is O=C(COC(=O)c1ccc2c(c1)C(=O)N(CC1CCCO1)C2=O)NCCc1ccccc1. The smallest absolute Gasteiger partial charge is 0.338 e. The number of hydrogen-bond donors (Lipinski definition) is 1. The van der Waals surface area contributed by atoms with E-state index in [1.165, 1.54) is 18.2 Å². The van der Waals surface area contributed by atoms with Crippen molar-refractivity contribution in [1.82, 2.24) is 10.2 Å². The second kappa shape index (κ2) is 9.74. The van der Waals surface area contributed by atoms with Crippen LogP contribution in [0.25, 0.3) is 0 Å². The summed E-state index contributed by atoms with van der Waals surface area (Å²) in [7, 11) is 0. The van der Waals surface area contributed by atoms with E-state index in [0.29, 0.717) is 19.6 Å². The van der Waals surface area contributed by atoms with Crippen LogP contribution in [0.4, 0.5) is 0 Å². The van der Waals surface area contributed by atoms with Crippen LogP contribution in [0.2, 0.25) is 0 Å². The molecule has 3 amide bonds. The Kier molecular flexibility index (Phi) is 6.61. The van der Waals surface area contributed by atoms with Gasteiger partial charge in [0.25, 0.3) is 17.7 Å². The molecular weight excluding hydrogens is 412 g/mol. The molecule has 4 rings (SSSR count). The molecule has 1 N–H and O–H groups in total. The third kappa shape index (κ3) is 4.86. The number of nitrogens with one attached hydrogen (secondary N) is 1. The van der Waals surface area contributed by atoms with E-state index in [2.05, 4.69) is 5.32 Å². The van der Waals surface area contributed by atoms with Crippen molar-refractivity contribution >= 4 is 23.7 Å². The van der Waals surface area contributed by atoms with Crippen molar-refractivity contribution in [3.8, 4) is 0 Å². The van der Waals surface area contributed by atoms with Crippen LogP contribution in [0.3, 0.4) is 0 Å². The van der Waals surface area contributed by atoms with Gasteiger partial charge in [-0.15, -0.1) is 0 Å². The van der Waals surface area contributed by atoms with Crippen LogP contribution in [0.5, 0.6) is 0 Å². The Balaban J connectivity index is 1.29. The van der Waals surface area contributed by atoms with Crippen LogP contribution in [0, 0.1) is 0 Å². The summed E-state index contributed by atoms with van der Waals surface area (Å²) in [5.74, 6) is -1.99. The fraction of sp³-hybridized carbons (Fsp3) is 0.333. The van der Waals surface area contributed by atoms with Gasteiger partial charge in [0.15, 0.2) is 6.61 Å². The number of benzene rings is 2. The molecule has 8 heteroatoms. The lowest BCUT2D eigenvalue weighted by atomic mass is 10.1. The number of hydrogen-bond acceptors (Lipinski definition) is 6. The van der Waals surface area contributed by atoms with Gasteiger partial charge in [0.1, 0.15) is 0 Å². The lowest BCUT2D eigenvalue weighted by Crippen LogP contribution is -2.36. The molecular formula is C24H24N2O6. The topological polar surface area (TPSA) is 102 Å². The van der Waals surface area contributed by atoms with Gasteiger partial charge in [-0.3, -0.25) is 19.3 Å². The Morgan fingerprint density at radius 3 is 2.59 bits per heavy atom. The number of imide groups is 1. The lowest BCUT2D eigenvalue weighted by molar-refractivity contribution is -0.124.